The highest BCUT2D eigenvalue weighted by Gasteiger charge is 2.25. The molecule has 0 atom stereocenters. The Labute approximate surface area is 115 Å². The average molecular weight is 342 g/mol. The van der Waals surface area contributed by atoms with Crippen molar-refractivity contribution >= 4 is 37.6 Å². The van der Waals surface area contributed by atoms with E-state index in [1.54, 1.807) is 25.2 Å². The molecule has 0 unspecified atom stereocenters. The highest BCUT2D eigenvalue weighted by atomic mass is 79.9. The van der Waals surface area contributed by atoms with Gasteiger partial charge < -0.3 is 5.32 Å². The number of halogens is 2. The second-order valence-electron chi connectivity index (χ2n) is 3.48. The molecule has 1 N–H and O–H groups in total. The molecule has 0 heterocycles. The number of rotatable bonds is 5. The van der Waals surface area contributed by atoms with E-state index in [4.69, 9.17) is 11.6 Å². The first-order chi connectivity index (χ1) is 7.91. The van der Waals surface area contributed by atoms with Crippen LogP contribution in [0, 0.1) is 0 Å². The van der Waals surface area contributed by atoms with E-state index in [-0.39, 0.29) is 9.92 Å². The summed E-state index contributed by atoms with van der Waals surface area (Å²) in [5.74, 6) is 0. The molecule has 17 heavy (non-hydrogen) atoms. The van der Waals surface area contributed by atoms with Crippen LogP contribution in [0.25, 0.3) is 0 Å². The SMILES string of the molecule is CNCCN(C)S(=O)(=O)c1c(Cl)cccc1Br. The van der Waals surface area contributed by atoms with Crippen molar-refractivity contribution in [2.24, 2.45) is 0 Å². The summed E-state index contributed by atoms with van der Waals surface area (Å²) in [6, 6.07) is 4.91. The lowest BCUT2D eigenvalue weighted by atomic mass is 10.4. The molecule has 0 spiro atoms. The molecule has 0 radical (unpaired) electrons. The monoisotopic (exact) mass is 340 g/mol. The zero-order valence-corrected chi connectivity index (χ0v) is 12.7. The number of hydrogen-bond acceptors (Lipinski definition) is 3. The third kappa shape index (κ3) is 3.42. The predicted octanol–water partition coefficient (Wildman–Crippen LogP) is 1.94. The van der Waals surface area contributed by atoms with Crippen molar-refractivity contribution in [1.29, 1.82) is 0 Å². The quantitative estimate of drug-likeness (QED) is 0.890. The minimum absolute atomic E-state index is 0.111. The summed E-state index contributed by atoms with van der Waals surface area (Å²) in [6.45, 7) is 0.967. The van der Waals surface area contributed by atoms with Crippen LogP contribution in [0.2, 0.25) is 5.02 Å². The van der Waals surface area contributed by atoms with Crippen molar-refractivity contribution in [1.82, 2.24) is 9.62 Å². The Bertz CT molecular complexity index is 473. The molecule has 1 aromatic rings. The van der Waals surface area contributed by atoms with E-state index in [1.165, 1.54) is 11.4 Å². The molecular formula is C10H14BrClN2O2S. The van der Waals surface area contributed by atoms with E-state index in [0.717, 1.165) is 0 Å². The van der Waals surface area contributed by atoms with Gasteiger partial charge in [-0.25, -0.2) is 8.42 Å². The zero-order chi connectivity index (χ0) is 13.1. The second-order valence-corrected chi connectivity index (χ2v) is 6.72. The van der Waals surface area contributed by atoms with Gasteiger partial charge in [0.25, 0.3) is 0 Å². The molecule has 0 aromatic heterocycles. The van der Waals surface area contributed by atoms with Crippen molar-refractivity contribution in [3.05, 3.63) is 27.7 Å². The Hall–Kier alpha value is -0.140. The fourth-order valence-corrected chi connectivity index (χ4v) is 4.11. The first-order valence-corrected chi connectivity index (χ1v) is 7.57. The molecular weight excluding hydrogens is 328 g/mol. The fourth-order valence-electron chi connectivity index (χ4n) is 1.27. The molecule has 0 aliphatic carbocycles. The van der Waals surface area contributed by atoms with Crippen LogP contribution in [-0.4, -0.2) is 39.9 Å². The molecule has 7 heteroatoms. The van der Waals surface area contributed by atoms with Crippen molar-refractivity contribution in [2.75, 3.05) is 27.2 Å². The Morgan fingerprint density at radius 2 is 2.12 bits per heavy atom. The maximum Gasteiger partial charge on any atom is 0.245 e. The normalized spacial score (nSPS) is 12.1. The Balaban J connectivity index is 3.13. The number of nitrogens with one attached hydrogen (secondary N) is 1. The van der Waals surface area contributed by atoms with Gasteiger partial charge in [0.05, 0.1) is 5.02 Å². The van der Waals surface area contributed by atoms with Crippen molar-refractivity contribution in [3.8, 4) is 0 Å². The maximum atomic E-state index is 12.3. The van der Waals surface area contributed by atoms with Crippen LogP contribution in [0.5, 0.6) is 0 Å². The van der Waals surface area contributed by atoms with Crippen LogP contribution in [0.1, 0.15) is 0 Å². The third-order valence-corrected chi connectivity index (χ3v) is 5.57. The van der Waals surface area contributed by atoms with Crippen LogP contribution in [0.3, 0.4) is 0 Å². The van der Waals surface area contributed by atoms with Gasteiger partial charge in [-0.2, -0.15) is 4.31 Å². The van der Waals surface area contributed by atoms with Crippen molar-refractivity contribution < 1.29 is 8.42 Å². The lowest BCUT2D eigenvalue weighted by Crippen LogP contribution is -2.33. The van der Waals surface area contributed by atoms with Gasteiger partial charge in [0.1, 0.15) is 4.90 Å². The van der Waals surface area contributed by atoms with Crippen LogP contribution in [0.4, 0.5) is 0 Å². The zero-order valence-electron chi connectivity index (χ0n) is 9.57. The van der Waals surface area contributed by atoms with Gasteiger partial charge in [0.2, 0.25) is 10.0 Å². The van der Waals surface area contributed by atoms with Crippen molar-refractivity contribution in [2.45, 2.75) is 4.90 Å². The molecule has 0 amide bonds. The largest absolute Gasteiger partial charge is 0.318 e. The Morgan fingerprint density at radius 3 is 2.65 bits per heavy atom. The number of hydrogen-bond donors (Lipinski definition) is 1. The van der Waals surface area contributed by atoms with Gasteiger partial charge in [0, 0.05) is 24.6 Å². The lowest BCUT2D eigenvalue weighted by Gasteiger charge is -2.18. The van der Waals surface area contributed by atoms with Gasteiger partial charge in [-0.15, -0.1) is 0 Å². The number of likely N-dealkylation sites (N-methyl/N-ethyl adjacent to an activating group) is 2. The Kier molecular flexibility index (Phi) is 5.40. The molecule has 0 fully saturated rings. The van der Waals surface area contributed by atoms with Crippen LogP contribution in [-0.2, 0) is 10.0 Å². The average Bonchev–Trinajstić information content (AvgIpc) is 2.25. The minimum Gasteiger partial charge on any atom is -0.318 e. The molecule has 0 saturated heterocycles. The summed E-state index contributed by atoms with van der Waals surface area (Å²) < 4.78 is 26.3. The maximum absolute atomic E-state index is 12.3. The van der Waals surface area contributed by atoms with E-state index < -0.39 is 10.0 Å². The van der Waals surface area contributed by atoms with E-state index in [9.17, 15) is 8.42 Å². The van der Waals surface area contributed by atoms with Crippen LogP contribution in [0.15, 0.2) is 27.6 Å². The molecule has 0 aliphatic heterocycles. The number of benzene rings is 1. The van der Waals surface area contributed by atoms with Crippen LogP contribution >= 0.6 is 27.5 Å². The van der Waals surface area contributed by atoms with Crippen molar-refractivity contribution in [3.63, 3.8) is 0 Å². The standard InChI is InChI=1S/C10H14BrClN2O2S/c1-13-6-7-14(2)17(15,16)10-8(11)4-3-5-9(10)12/h3-5,13H,6-7H2,1-2H3. The number of sulfonamides is 1. The highest BCUT2D eigenvalue weighted by Crippen LogP contribution is 2.31. The molecule has 1 rings (SSSR count). The molecule has 0 aliphatic rings. The minimum atomic E-state index is -3.56. The summed E-state index contributed by atoms with van der Waals surface area (Å²) in [4.78, 5) is 0.111. The lowest BCUT2D eigenvalue weighted by molar-refractivity contribution is 0.465. The highest BCUT2D eigenvalue weighted by molar-refractivity contribution is 9.10. The summed E-state index contributed by atoms with van der Waals surface area (Å²) >= 11 is 9.15. The predicted molar refractivity (Wildman–Crippen MR) is 72.9 cm³/mol. The van der Waals surface area contributed by atoms with E-state index >= 15 is 0 Å². The van der Waals surface area contributed by atoms with Gasteiger partial charge in [-0.05, 0) is 35.1 Å². The first kappa shape index (κ1) is 14.9. The summed E-state index contributed by atoms with van der Waals surface area (Å²) in [7, 11) is -0.258. The molecule has 0 bridgehead atoms. The summed E-state index contributed by atoms with van der Waals surface area (Å²) in [6.07, 6.45) is 0. The van der Waals surface area contributed by atoms with Crippen LogP contribution < -0.4 is 5.32 Å². The number of nitrogens with zero attached hydrogens (tertiary/aromatic N) is 1. The first-order valence-electron chi connectivity index (χ1n) is 4.96. The second kappa shape index (κ2) is 6.15. The molecule has 0 saturated carbocycles. The smallest absolute Gasteiger partial charge is 0.245 e. The van der Waals surface area contributed by atoms with E-state index in [2.05, 4.69) is 21.2 Å². The van der Waals surface area contributed by atoms with E-state index in [1.807, 2.05) is 0 Å². The molecule has 4 nitrogen and oxygen atoms in total. The topological polar surface area (TPSA) is 49.4 Å². The Morgan fingerprint density at radius 1 is 1.47 bits per heavy atom. The van der Waals surface area contributed by atoms with Gasteiger partial charge >= 0.3 is 0 Å². The molecule has 96 valence electrons. The van der Waals surface area contributed by atoms with Gasteiger partial charge in [-0.1, -0.05) is 17.7 Å². The summed E-state index contributed by atoms with van der Waals surface area (Å²) in [5.41, 5.74) is 0. The fraction of sp³-hybridized carbons (Fsp3) is 0.400. The van der Waals surface area contributed by atoms with Gasteiger partial charge in [-0.3, -0.25) is 0 Å². The van der Waals surface area contributed by atoms with E-state index in [0.29, 0.717) is 17.6 Å². The third-order valence-electron chi connectivity index (χ3n) is 2.26. The van der Waals surface area contributed by atoms with Gasteiger partial charge in [0.15, 0.2) is 0 Å². The molecule has 1 aromatic carbocycles. The summed E-state index contributed by atoms with van der Waals surface area (Å²) in [5, 5.41) is 3.12.